The molecule has 0 spiro atoms. The monoisotopic (exact) mass is 328 g/mol. The zero-order valence-electron chi connectivity index (χ0n) is 12.4. The van der Waals surface area contributed by atoms with E-state index in [9.17, 15) is 4.79 Å². The van der Waals surface area contributed by atoms with Gasteiger partial charge in [-0.25, -0.2) is 0 Å². The minimum atomic E-state index is -0.104. The van der Waals surface area contributed by atoms with Gasteiger partial charge in [0.15, 0.2) is 4.80 Å². The van der Waals surface area contributed by atoms with Crippen LogP contribution in [0.5, 0.6) is 0 Å². The van der Waals surface area contributed by atoms with Crippen molar-refractivity contribution in [2.75, 3.05) is 5.75 Å². The third-order valence-corrected chi connectivity index (χ3v) is 5.43. The first-order chi connectivity index (χ1) is 10.6. The van der Waals surface area contributed by atoms with Gasteiger partial charge in [0.2, 0.25) is 0 Å². The van der Waals surface area contributed by atoms with Gasteiger partial charge in [-0.05, 0) is 31.2 Å². The Morgan fingerprint density at radius 2 is 1.91 bits per heavy atom. The first-order valence-corrected chi connectivity index (χ1v) is 8.75. The quantitative estimate of drug-likeness (QED) is 0.686. The largest absolute Gasteiger partial charge is 0.319 e. The zero-order chi connectivity index (χ0) is 15.5. The molecular weight excluding hydrogens is 312 g/mol. The number of para-hydroxylation sites is 1. The molecule has 0 N–H and O–H groups in total. The number of hydrogen-bond acceptors (Lipinski definition) is 3. The predicted molar refractivity (Wildman–Crippen MR) is 93.3 cm³/mol. The molecule has 0 fully saturated rings. The lowest BCUT2D eigenvalue weighted by Gasteiger charge is -1.99. The van der Waals surface area contributed by atoms with E-state index in [0.717, 1.165) is 19.9 Å². The number of aryl methyl sites for hydroxylation is 2. The number of thiazole rings is 1. The van der Waals surface area contributed by atoms with Crippen LogP contribution in [0.15, 0.2) is 58.4 Å². The molecule has 112 valence electrons. The molecule has 0 unspecified atom stereocenters. The van der Waals surface area contributed by atoms with E-state index in [2.05, 4.69) is 24.0 Å². The summed E-state index contributed by atoms with van der Waals surface area (Å²) < 4.78 is 3.11. The van der Waals surface area contributed by atoms with E-state index in [1.807, 2.05) is 48.0 Å². The number of fused-ring (bicyclic) bond motifs is 1. The SMILES string of the molecule is Cc1ccc(SCC(=O)N=c2sc3ccccc3n2C)cc1. The normalized spacial score (nSPS) is 12.0. The van der Waals surface area contributed by atoms with E-state index in [4.69, 9.17) is 0 Å². The van der Waals surface area contributed by atoms with Crippen LogP contribution in [0.1, 0.15) is 5.56 Å². The number of rotatable bonds is 3. The molecule has 0 saturated carbocycles. The topological polar surface area (TPSA) is 34.4 Å². The van der Waals surface area contributed by atoms with Crippen molar-refractivity contribution in [1.82, 2.24) is 4.57 Å². The minimum absolute atomic E-state index is 0.104. The van der Waals surface area contributed by atoms with Crippen molar-refractivity contribution in [1.29, 1.82) is 0 Å². The summed E-state index contributed by atoms with van der Waals surface area (Å²) in [6.45, 7) is 2.05. The first-order valence-electron chi connectivity index (χ1n) is 6.95. The lowest BCUT2D eigenvalue weighted by Crippen LogP contribution is -2.14. The Morgan fingerprint density at radius 3 is 2.64 bits per heavy atom. The molecule has 1 aromatic heterocycles. The van der Waals surface area contributed by atoms with E-state index < -0.39 is 0 Å². The van der Waals surface area contributed by atoms with Crippen molar-refractivity contribution in [3.63, 3.8) is 0 Å². The number of benzene rings is 2. The molecule has 22 heavy (non-hydrogen) atoms. The summed E-state index contributed by atoms with van der Waals surface area (Å²) in [6.07, 6.45) is 0. The third kappa shape index (κ3) is 3.31. The van der Waals surface area contributed by atoms with Gasteiger partial charge in [-0.2, -0.15) is 4.99 Å². The Hall–Kier alpha value is -1.85. The second kappa shape index (κ2) is 6.50. The number of hydrogen-bond donors (Lipinski definition) is 0. The van der Waals surface area contributed by atoms with Crippen molar-refractivity contribution in [3.05, 3.63) is 58.9 Å². The zero-order valence-corrected chi connectivity index (χ0v) is 14.1. The fourth-order valence-corrected chi connectivity index (χ4v) is 3.83. The maximum absolute atomic E-state index is 12.1. The number of carbonyl (C=O) groups excluding carboxylic acids is 1. The number of aromatic nitrogens is 1. The minimum Gasteiger partial charge on any atom is -0.319 e. The van der Waals surface area contributed by atoms with Crippen LogP contribution in [0.3, 0.4) is 0 Å². The Morgan fingerprint density at radius 1 is 1.18 bits per heavy atom. The molecule has 0 aliphatic carbocycles. The summed E-state index contributed by atoms with van der Waals surface area (Å²) in [5.74, 6) is 0.254. The fourth-order valence-electron chi connectivity index (χ4n) is 2.11. The van der Waals surface area contributed by atoms with Crippen molar-refractivity contribution in [3.8, 4) is 0 Å². The number of thioether (sulfide) groups is 1. The van der Waals surface area contributed by atoms with Gasteiger partial charge in [0.05, 0.1) is 16.0 Å². The average Bonchev–Trinajstić information content (AvgIpc) is 2.83. The molecule has 0 saturated heterocycles. The molecule has 3 aromatic rings. The molecule has 3 rings (SSSR count). The first kappa shape index (κ1) is 15.1. The van der Waals surface area contributed by atoms with Gasteiger partial charge in [-0.3, -0.25) is 4.79 Å². The van der Waals surface area contributed by atoms with Gasteiger partial charge in [0.1, 0.15) is 0 Å². The maximum atomic E-state index is 12.1. The van der Waals surface area contributed by atoms with Gasteiger partial charge in [0.25, 0.3) is 5.91 Å². The van der Waals surface area contributed by atoms with Gasteiger partial charge >= 0.3 is 0 Å². The second-order valence-corrected chi connectivity index (χ2v) is 7.08. The van der Waals surface area contributed by atoms with E-state index in [1.165, 1.54) is 17.3 Å². The summed E-state index contributed by atoms with van der Waals surface area (Å²) in [6, 6.07) is 16.2. The maximum Gasteiger partial charge on any atom is 0.258 e. The highest BCUT2D eigenvalue weighted by atomic mass is 32.2. The molecule has 0 aliphatic heterocycles. The van der Waals surface area contributed by atoms with Crippen molar-refractivity contribution in [2.45, 2.75) is 11.8 Å². The second-order valence-electron chi connectivity index (χ2n) is 5.02. The Kier molecular flexibility index (Phi) is 4.45. The Balaban J connectivity index is 1.77. The van der Waals surface area contributed by atoms with Crippen LogP contribution in [-0.2, 0) is 11.8 Å². The molecule has 0 bridgehead atoms. The fraction of sp³-hybridized carbons (Fsp3) is 0.176. The van der Waals surface area contributed by atoms with Crippen LogP contribution < -0.4 is 4.80 Å². The number of amides is 1. The van der Waals surface area contributed by atoms with Gasteiger partial charge in [-0.1, -0.05) is 41.2 Å². The molecule has 0 atom stereocenters. The smallest absolute Gasteiger partial charge is 0.258 e. The Bertz CT molecular complexity index is 876. The lowest BCUT2D eigenvalue weighted by molar-refractivity contribution is -0.115. The molecule has 3 nitrogen and oxygen atoms in total. The Labute approximate surface area is 137 Å². The standard InChI is InChI=1S/C17H16N2OS2/c1-12-7-9-13(10-8-12)21-11-16(20)18-17-19(2)14-5-3-4-6-15(14)22-17/h3-10H,11H2,1-2H3. The molecule has 0 radical (unpaired) electrons. The van der Waals surface area contributed by atoms with Crippen molar-refractivity contribution >= 4 is 39.2 Å². The van der Waals surface area contributed by atoms with Crippen molar-refractivity contribution in [2.24, 2.45) is 12.0 Å². The lowest BCUT2D eigenvalue weighted by atomic mass is 10.2. The molecule has 0 aliphatic rings. The summed E-state index contributed by atoms with van der Waals surface area (Å²) in [5.41, 5.74) is 2.32. The molecule has 5 heteroatoms. The van der Waals surface area contributed by atoms with Gasteiger partial charge < -0.3 is 4.57 Å². The van der Waals surface area contributed by atoms with Gasteiger partial charge in [0, 0.05) is 11.9 Å². The summed E-state index contributed by atoms with van der Waals surface area (Å²) >= 11 is 3.06. The summed E-state index contributed by atoms with van der Waals surface area (Å²) in [7, 11) is 1.94. The van der Waals surface area contributed by atoms with Crippen LogP contribution in [0.4, 0.5) is 0 Å². The summed E-state index contributed by atoms with van der Waals surface area (Å²) in [4.78, 5) is 18.2. The molecular formula is C17H16N2OS2. The summed E-state index contributed by atoms with van der Waals surface area (Å²) in [5, 5.41) is 0. The van der Waals surface area contributed by atoms with Gasteiger partial charge in [-0.15, -0.1) is 11.8 Å². The number of carbonyl (C=O) groups is 1. The average molecular weight is 328 g/mol. The van der Waals surface area contributed by atoms with Crippen molar-refractivity contribution < 1.29 is 4.79 Å². The molecule has 1 heterocycles. The molecule has 2 aromatic carbocycles. The van der Waals surface area contributed by atoms with Crippen LogP contribution in [0.2, 0.25) is 0 Å². The highest BCUT2D eigenvalue weighted by molar-refractivity contribution is 8.00. The van der Waals surface area contributed by atoms with E-state index in [-0.39, 0.29) is 5.91 Å². The highest BCUT2D eigenvalue weighted by Gasteiger charge is 2.05. The molecule has 1 amide bonds. The van der Waals surface area contributed by atoms with Crippen LogP contribution >= 0.6 is 23.1 Å². The third-order valence-electron chi connectivity index (χ3n) is 3.32. The highest BCUT2D eigenvalue weighted by Crippen LogP contribution is 2.18. The van der Waals surface area contributed by atoms with E-state index in [0.29, 0.717) is 5.75 Å². The number of nitrogens with zero attached hydrogens (tertiary/aromatic N) is 2. The predicted octanol–water partition coefficient (Wildman–Crippen LogP) is 3.77. The van der Waals surface area contributed by atoms with E-state index in [1.54, 1.807) is 11.3 Å². The van der Waals surface area contributed by atoms with Crippen LogP contribution in [-0.4, -0.2) is 16.2 Å². The van der Waals surface area contributed by atoms with E-state index >= 15 is 0 Å². The van der Waals surface area contributed by atoms with Crippen LogP contribution in [0.25, 0.3) is 10.2 Å². The van der Waals surface area contributed by atoms with Crippen LogP contribution in [0, 0.1) is 6.92 Å².